The van der Waals surface area contributed by atoms with Crippen molar-refractivity contribution in [3.05, 3.63) is 151 Å². The highest BCUT2D eigenvalue weighted by atomic mass is 16.3. The summed E-state index contributed by atoms with van der Waals surface area (Å²) in [5.41, 5.74) is 5.00. The minimum Gasteiger partial charge on any atom is -0.456 e. The van der Waals surface area contributed by atoms with Crippen molar-refractivity contribution < 1.29 is 14.0 Å². The Balaban J connectivity index is 1.42. The van der Waals surface area contributed by atoms with E-state index in [1.54, 1.807) is 0 Å². The summed E-state index contributed by atoms with van der Waals surface area (Å²) in [5.74, 6) is 0.581. The predicted octanol–water partition coefficient (Wildman–Crippen LogP) is 10.1. The van der Waals surface area contributed by atoms with Crippen molar-refractivity contribution in [2.24, 2.45) is 0 Å². The average molecular weight is 559 g/mol. The number of hydrogen-bond acceptors (Lipinski definition) is 4. The van der Waals surface area contributed by atoms with E-state index in [0.717, 1.165) is 22.3 Å². The second-order valence-electron chi connectivity index (χ2n) is 9.96. The lowest BCUT2D eigenvalue weighted by molar-refractivity contribution is 0.669. The maximum atomic E-state index is 9.07. The molecule has 202 valence electrons. The van der Waals surface area contributed by atoms with Crippen LogP contribution >= 0.6 is 0 Å². The molecule has 6 aromatic carbocycles. The molecule has 4 heteroatoms. The van der Waals surface area contributed by atoms with E-state index >= 15 is 0 Å². The van der Waals surface area contributed by atoms with Crippen LogP contribution in [0.25, 0.3) is 78.4 Å². The molecule has 8 rings (SSSR count). The molecule has 4 nitrogen and oxygen atoms in total. The molecule has 0 unspecified atom stereocenters. The maximum Gasteiger partial charge on any atom is 0.164 e. The summed E-state index contributed by atoms with van der Waals surface area (Å²) in [6, 6.07) is 32.2. The number of furan rings is 1. The van der Waals surface area contributed by atoms with Crippen LogP contribution in [0.15, 0.2) is 156 Å². The van der Waals surface area contributed by atoms with E-state index in [1.165, 1.54) is 0 Å². The summed E-state index contributed by atoms with van der Waals surface area (Å²) in [5, 5.41) is 0.0587. The third-order valence-electron chi connectivity index (χ3n) is 7.28. The lowest BCUT2D eigenvalue weighted by atomic mass is 10.0. The van der Waals surface area contributed by atoms with Crippen molar-refractivity contribution in [1.82, 2.24) is 15.0 Å². The molecule has 0 aliphatic carbocycles. The highest BCUT2D eigenvalue weighted by molar-refractivity contribution is 6.11. The average Bonchev–Trinajstić information content (AvgIpc) is 3.57. The summed E-state index contributed by atoms with van der Waals surface area (Å²) in [7, 11) is 0. The van der Waals surface area contributed by atoms with Gasteiger partial charge >= 0.3 is 0 Å². The quantitative estimate of drug-likeness (QED) is 0.211. The SMILES string of the molecule is [2H]c1c([2H])c([2H])c2c(oc3c([2H])c([2H])c([2H])c(-c4nc(-c5ccc(-c6ccccc6)cc5)nc(-c5cccc(-c6ccccc6)c5)n4)c32)c1[2H]. The third kappa shape index (κ3) is 4.65. The van der Waals surface area contributed by atoms with Gasteiger partial charge in [-0.1, -0.05) is 133 Å². The van der Waals surface area contributed by atoms with Gasteiger partial charge in [-0.25, -0.2) is 15.0 Å². The molecule has 0 spiro atoms. The van der Waals surface area contributed by atoms with Crippen molar-refractivity contribution in [2.75, 3.05) is 0 Å². The minimum absolute atomic E-state index is 0.000798. The molecule has 0 bridgehead atoms. The van der Waals surface area contributed by atoms with Gasteiger partial charge in [0.05, 0.1) is 9.60 Å². The smallest absolute Gasteiger partial charge is 0.164 e. The summed E-state index contributed by atoms with van der Waals surface area (Å²) in [4.78, 5) is 14.5. The van der Waals surface area contributed by atoms with Gasteiger partial charge in [-0.3, -0.25) is 0 Å². The largest absolute Gasteiger partial charge is 0.456 e. The second-order valence-corrected chi connectivity index (χ2v) is 9.96. The van der Waals surface area contributed by atoms with Crippen LogP contribution in [0.4, 0.5) is 0 Å². The molecule has 0 aliphatic heterocycles. The van der Waals surface area contributed by atoms with E-state index in [9.17, 15) is 0 Å². The summed E-state index contributed by atoms with van der Waals surface area (Å²) < 4.78 is 66.1. The molecular formula is C39H25N3O. The predicted molar refractivity (Wildman–Crippen MR) is 174 cm³/mol. The summed E-state index contributed by atoms with van der Waals surface area (Å²) >= 11 is 0. The van der Waals surface area contributed by atoms with Gasteiger partial charge in [-0.2, -0.15) is 0 Å². The van der Waals surface area contributed by atoms with Gasteiger partial charge in [0, 0.05) is 27.5 Å². The number of nitrogens with zero attached hydrogens (tertiary/aromatic N) is 3. The van der Waals surface area contributed by atoms with Gasteiger partial charge in [0.2, 0.25) is 0 Å². The van der Waals surface area contributed by atoms with Crippen LogP contribution in [-0.4, -0.2) is 15.0 Å². The molecule has 8 aromatic rings. The Bertz CT molecular complexity index is 2610. The first-order chi connectivity index (χ1) is 24.2. The van der Waals surface area contributed by atoms with Gasteiger partial charge < -0.3 is 4.42 Å². The van der Waals surface area contributed by atoms with Crippen LogP contribution in [0.5, 0.6) is 0 Å². The van der Waals surface area contributed by atoms with Crippen LogP contribution in [0, 0.1) is 0 Å². The second kappa shape index (κ2) is 10.5. The molecular weight excluding hydrogens is 526 g/mol. The molecule has 0 aliphatic rings. The van der Waals surface area contributed by atoms with Crippen LogP contribution in [0.2, 0.25) is 0 Å². The Morgan fingerprint density at radius 2 is 1.00 bits per heavy atom. The van der Waals surface area contributed by atoms with E-state index in [0.29, 0.717) is 22.8 Å². The van der Waals surface area contributed by atoms with Gasteiger partial charge in [0.15, 0.2) is 17.5 Å². The number of hydrogen-bond donors (Lipinski definition) is 0. The Hall–Kier alpha value is -5.87. The van der Waals surface area contributed by atoms with Gasteiger partial charge in [0.25, 0.3) is 0 Å². The first-order valence-corrected chi connectivity index (χ1v) is 13.7. The Labute approximate surface area is 258 Å². The zero-order valence-electron chi connectivity index (χ0n) is 29.6. The fourth-order valence-corrected chi connectivity index (χ4v) is 5.18. The Morgan fingerprint density at radius 3 is 1.77 bits per heavy atom. The molecule has 0 saturated carbocycles. The molecule has 0 atom stereocenters. The molecule has 2 aromatic heterocycles. The molecule has 43 heavy (non-hydrogen) atoms. The van der Waals surface area contributed by atoms with Crippen LogP contribution < -0.4 is 0 Å². The number of benzene rings is 6. The highest BCUT2D eigenvalue weighted by Crippen LogP contribution is 2.37. The Kier molecular flexibility index (Phi) is 4.53. The first kappa shape index (κ1) is 18.5. The fourth-order valence-electron chi connectivity index (χ4n) is 5.18. The zero-order valence-corrected chi connectivity index (χ0v) is 22.6. The van der Waals surface area contributed by atoms with E-state index in [-0.39, 0.29) is 45.4 Å². The molecule has 0 N–H and O–H groups in total. The lowest BCUT2D eigenvalue weighted by Gasteiger charge is -2.11. The molecule has 0 radical (unpaired) electrons. The fraction of sp³-hybridized carbons (Fsp3) is 0. The summed E-state index contributed by atoms with van der Waals surface area (Å²) in [6.07, 6.45) is 0. The van der Waals surface area contributed by atoms with Crippen LogP contribution in [-0.2, 0) is 0 Å². The van der Waals surface area contributed by atoms with Crippen LogP contribution in [0.3, 0.4) is 0 Å². The van der Waals surface area contributed by atoms with E-state index in [4.69, 9.17) is 29.0 Å². The number of rotatable bonds is 5. The van der Waals surface area contributed by atoms with Crippen molar-refractivity contribution in [3.8, 4) is 56.4 Å². The zero-order chi connectivity index (χ0) is 34.7. The molecule has 0 amide bonds. The standard InChI is InChI=1S/C39H25N3O/c1-3-11-26(12-4-1)28-21-23-29(24-22-28)37-40-38(31-16-9-15-30(25-31)27-13-5-2-6-14-27)42-39(41-37)33-18-10-20-35-36(33)32-17-7-8-19-34(32)43-35/h1-25H/i7D,8D,10D,17D,18D,19D,20D. The topological polar surface area (TPSA) is 51.8 Å². The molecule has 0 fully saturated rings. The Morgan fingerprint density at radius 1 is 0.442 bits per heavy atom. The van der Waals surface area contributed by atoms with E-state index in [1.807, 2.05) is 109 Å². The first-order valence-electron chi connectivity index (χ1n) is 17.2. The third-order valence-corrected chi connectivity index (χ3v) is 7.28. The van der Waals surface area contributed by atoms with Gasteiger partial charge in [0.1, 0.15) is 11.2 Å². The van der Waals surface area contributed by atoms with Crippen molar-refractivity contribution in [1.29, 1.82) is 0 Å². The normalized spacial score (nSPS) is 13.5. The number of fused-ring (bicyclic) bond motifs is 3. The van der Waals surface area contributed by atoms with E-state index < -0.39 is 30.2 Å². The van der Waals surface area contributed by atoms with Gasteiger partial charge in [-0.05, 0) is 40.4 Å². The number of para-hydroxylation sites is 1. The lowest BCUT2D eigenvalue weighted by Crippen LogP contribution is -2.00. The maximum absolute atomic E-state index is 9.07. The van der Waals surface area contributed by atoms with Gasteiger partial charge in [-0.15, -0.1) is 0 Å². The van der Waals surface area contributed by atoms with E-state index in [2.05, 4.69) is 0 Å². The van der Waals surface area contributed by atoms with Crippen molar-refractivity contribution in [2.45, 2.75) is 0 Å². The molecule has 0 saturated heterocycles. The number of aromatic nitrogens is 3. The van der Waals surface area contributed by atoms with Crippen LogP contribution in [0.1, 0.15) is 9.60 Å². The monoisotopic (exact) mass is 558 g/mol. The highest BCUT2D eigenvalue weighted by Gasteiger charge is 2.18. The minimum atomic E-state index is -0.492. The summed E-state index contributed by atoms with van der Waals surface area (Å²) in [6.45, 7) is 0. The molecule has 2 heterocycles. The van der Waals surface area contributed by atoms with Crippen molar-refractivity contribution in [3.63, 3.8) is 0 Å². The van der Waals surface area contributed by atoms with Crippen molar-refractivity contribution >= 4 is 21.9 Å².